The summed E-state index contributed by atoms with van der Waals surface area (Å²) in [6.07, 6.45) is 1.08. The van der Waals surface area contributed by atoms with Crippen molar-refractivity contribution in [2.24, 2.45) is 5.41 Å². The van der Waals surface area contributed by atoms with E-state index in [0.29, 0.717) is 11.5 Å². The zero-order valence-electron chi connectivity index (χ0n) is 12.5. The second-order valence-corrected chi connectivity index (χ2v) is 7.36. The summed E-state index contributed by atoms with van der Waals surface area (Å²) in [5.41, 5.74) is 3.14. The predicted octanol–water partition coefficient (Wildman–Crippen LogP) is 3.84. The first-order chi connectivity index (χ1) is 8.91. The average molecular weight is 325 g/mol. The lowest BCUT2D eigenvalue weighted by Crippen LogP contribution is -2.56. The zero-order valence-corrected chi connectivity index (χ0v) is 14.0. The van der Waals surface area contributed by atoms with E-state index in [2.05, 4.69) is 72.0 Å². The molecular weight excluding hydrogens is 300 g/mol. The Morgan fingerprint density at radius 2 is 2.11 bits per heavy atom. The van der Waals surface area contributed by atoms with Crippen molar-refractivity contribution in [1.82, 2.24) is 5.32 Å². The number of hydrogen-bond donors (Lipinski definition) is 1. The summed E-state index contributed by atoms with van der Waals surface area (Å²) in [5, 5.41) is 3.66. The van der Waals surface area contributed by atoms with Gasteiger partial charge >= 0.3 is 0 Å². The van der Waals surface area contributed by atoms with E-state index in [1.165, 1.54) is 15.7 Å². The SMILES string of the molecule is CCc1cc(Br)ccc1N1CCNC(C(C)(C)C)C1. The molecule has 1 saturated heterocycles. The van der Waals surface area contributed by atoms with Crippen LogP contribution in [-0.2, 0) is 6.42 Å². The molecule has 1 aliphatic heterocycles. The zero-order chi connectivity index (χ0) is 14.0. The molecule has 0 aliphatic carbocycles. The van der Waals surface area contributed by atoms with Crippen LogP contribution >= 0.6 is 15.9 Å². The Labute approximate surface area is 125 Å². The molecular formula is C16H25BrN2. The summed E-state index contributed by atoms with van der Waals surface area (Å²) in [4.78, 5) is 2.54. The molecule has 1 fully saturated rings. The minimum atomic E-state index is 0.306. The number of rotatable bonds is 2. The van der Waals surface area contributed by atoms with E-state index >= 15 is 0 Å². The summed E-state index contributed by atoms with van der Waals surface area (Å²) in [6, 6.07) is 7.22. The highest BCUT2D eigenvalue weighted by molar-refractivity contribution is 9.10. The number of nitrogens with one attached hydrogen (secondary N) is 1. The van der Waals surface area contributed by atoms with Crippen LogP contribution in [0.2, 0.25) is 0 Å². The van der Waals surface area contributed by atoms with Gasteiger partial charge in [-0.05, 0) is 35.6 Å². The maximum Gasteiger partial charge on any atom is 0.0400 e. The van der Waals surface area contributed by atoms with Gasteiger partial charge in [-0.1, -0.05) is 43.6 Å². The van der Waals surface area contributed by atoms with Gasteiger partial charge in [-0.3, -0.25) is 0 Å². The van der Waals surface area contributed by atoms with Gasteiger partial charge in [0.05, 0.1) is 0 Å². The Bertz CT molecular complexity index is 437. The molecule has 0 spiro atoms. The molecule has 0 radical (unpaired) electrons. The lowest BCUT2D eigenvalue weighted by atomic mass is 9.85. The van der Waals surface area contributed by atoms with Crippen LogP contribution in [0.3, 0.4) is 0 Å². The molecule has 1 heterocycles. The fraction of sp³-hybridized carbons (Fsp3) is 0.625. The number of anilines is 1. The van der Waals surface area contributed by atoms with Crippen LogP contribution in [0.1, 0.15) is 33.3 Å². The van der Waals surface area contributed by atoms with Crippen LogP contribution in [0.5, 0.6) is 0 Å². The first-order valence-corrected chi connectivity index (χ1v) is 7.98. The van der Waals surface area contributed by atoms with Crippen molar-refractivity contribution in [3.63, 3.8) is 0 Å². The van der Waals surface area contributed by atoms with Crippen LogP contribution in [0.15, 0.2) is 22.7 Å². The summed E-state index contributed by atoms with van der Waals surface area (Å²) in [6.45, 7) is 12.4. The molecule has 1 aromatic rings. The van der Waals surface area contributed by atoms with Crippen LogP contribution in [-0.4, -0.2) is 25.7 Å². The van der Waals surface area contributed by atoms with Crippen molar-refractivity contribution < 1.29 is 0 Å². The Hall–Kier alpha value is -0.540. The third kappa shape index (κ3) is 3.51. The molecule has 0 aromatic heterocycles. The van der Waals surface area contributed by atoms with Crippen molar-refractivity contribution in [1.29, 1.82) is 0 Å². The predicted molar refractivity (Wildman–Crippen MR) is 87.0 cm³/mol. The smallest absolute Gasteiger partial charge is 0.0400 e. The van der Waals surface area contributed by atoms with Crippen LogP contribution in [0, 0.1) is 5.41 Å². The van der Waals surface area contributed by atoms with Gasteiger partial charge in [-0.25, -0.2) is 0 Å². The van der Waals surface area contributed by atoms with Gasteiger partial charge in [0.15, 0.2) is 0 Å². The second-order valence-electron chi connectivity index (χ2n) is 6.45. The highest BCUT2D eigenvalue weighted by atomic mass is 79.9. The first-order valence-electron chi connectivity index (χ1n) is 7.18. The monoisotopic (exact) mass is 324 g/mol. The topological polar surface area (TPSA) is 15.3 Å². The molecule has 1 unspecified atom stereocenters. The van der Waals surface area contributed by atoms with Crippen molar-refractivity contribution in [3.8, 4) is 0 Å². The molecule has 1 aromatic carbocycles. The molecule has 2 nitrogen and oxygen atoms in total. The van der Waals surface area contributed by atoms with Gasteiger partial charge in [0.2, 0.25) is 0 Å². The first kappa shape index (κ1) is 14.9. The number of aryl methyl sites for hydroxylation is 1. The highest BCUT2D eigenvalue weighted by Gasteiger charge is 2.29. The van der Waals surface area contributed by atoms with Crippen molar-refractivity contribution in [3.05, 3.63) is 28.2 Å². The fourth-order valence-electron chi connectivity index (χ4n) is 2.69. The number of nitrogens with zero attached hydrogens (tertiary/aromatic N) is 1. The molecule has 1 N–H and O–H groups in total. The van der Waals surface area contributed by atoms with Crippen molar-refractivity contribution in [2.75, 3.05) is 24.5 Å². The molecule has 2 rings (SSSR count). The van der Waals surface area contributed by atoms with Crippen LogP contribution in [0.4, 0.5) is 5.69 Å². The molecule has 1 aliphatic rings. The van der Waals surface area contributed by atoms with Gasteiger partial charge < -0.3 is 10.2 Å². The van der Waals surface area contributed by atoms with E-state index in [0.717, 1.165) is 26.1 Å². The van der Waals surface area contributed by atoms with Crippen molar-refractivity contribution >= 4 is 21.6 Å². The Balaban J connectivity index is 2.22. The second kappa shape index (κ2) is 5.84. The van der Waals surface area contributed by atoms with E-state index in [4.69, 9.17) is 0 Å². The lowest BCUT2D eigenvalue weighted by Gasteiger charge is -2.42. The molecule has 3 heteroatoms. The van der Waals surface area contributed by atoms with Crippen LogP contribution < -0.4 is 10.2 Å². The third-order valence-electron chi connectivity index (χ3n) is 3.98. The summed E-state index contributed by atoms with van der Waals surface area (Å²) >= 11 is 3.57. The third-order valence-corrected chi connectivity index (χ3v) is 4.48. The molecule has 106 valence electrons. The molecule has 0 saturated carbocycles. The summed E-state index contributed by atoms with van der Waals surface area (Å²) < 4.78 is 1.18. The van der Waals surface area contributed by atoms with E-state index in [-0.39, 0.29) is 0 Å². The summed E-state index contributed by atoms with van der Waals surface area (Å²) in [7, 11) is 0. The van der Waals surface area contributed by atoms with E-state index < -0.39 is 0 Å². The summed E-state index contributed by atoms with van der Waals surface area (Å²) in [5.74, 6) is 0. The molecule has 0 bridgehead atoms. The molecule has 0 amide bonds. The maximum absolute atomic E-state index is 3.66. The Morgan fingerprint density at radius 3 is 2.74 bits per heavy atom. The standard InChI is InChI=1S/C16H25BrN2/c1-5-12-10-13(17)6-7-14(12)19-9-8-18-15(11-19)16(2,3)4/h6-7,10,15,18H,5,8-9,11H2,1-4H3. The quantitative estimate of drug-likeness (QED) is 0.889. The van der Waals surface area contributed by atoms with Crippen molar-refractivity contribution in [2.45, 2.75) is 40.2 Å². The highest BCUT2D eigenvalue weighted by Crippen LogP contribution is 2.29. The van der Waals surface area contributed by atoms with E-state index in [1.54, 1.807) is 0 Å². The van der Waals surface area contributed by atoms with Gasteiger partial charge in [0, 0.05) is 35.8 Å². The number of benzene rings is 1. The Kier molecular flexibility index (Phi) is 4.57. The van der Waals surface area contributed by atoms with E-state index in [1.807, 2.05) is 0 Å². The fourth-order valence-corrected chi connectivity index (χ4v) is 3.10. The minimum Gasteiger partial charge on any atom is -0.368 e. The largest absolute Gasteiger partial charge is 0.368 e. The number of piperazine rings is 1. The van der Waals surface area contributed by atoms with Gasteiger partial charge in [0.1, 0.15) is 0 Å². The lowest BCUT2D eigenvalue weighted by molar-refractivity contribution is 0.254. The minimum absolute atomic E-state index is 0.306. The average Bonchev–Trinajstić information content (AvgIpc) is 2.37. The van der Waals surface area contributed by atoms with Gasteiger partial charge in [0.25, 0.3) is 0 Å². The maximum atomic E-state index is 3.66. The van der Waals surface area contributed by atoms with E-state index in [9.17, 15) is 0 Å². The number of hydrogen-bond acceptors (Lipinski definition) is 2. The molecule has 19 heavy (non-hydrogen) atoms. The Morgan fingerprint density at radius 1 is 1.37 bits per heavy atom. The van der Waals surface area contributed by atoms with Gasteiger partial charge in [-0.15, -0.1) is 0 Å². The van der Waals surface area contributed by atoms with Gasteiger partial charge in [-0.2, -0.15) is 0 Å². The number of halogens is 1. The molecule has 1 atom stereocenters. The normalized spacial score (nSPS) is 20.7. The van der Waals surface area contributed by atoms with Crippen LogP contribution in [0.25, 0.3) is 0 Å².